The number of aromatic nitrogens is 4. The summed E-state index contributed by atoms with van der Waals surface area (Å²) < 4.78 is 5.03. The molecule has 7 heteroatoms. The molecule has 2 aromatic rings. The largest absolute Gasteiger partial charge is 0.481 e. The van der Waals surface area contributed by atoms with Crippen molar-refractivity contribution in [2.45, 2.75) is 13.8 Å². The summed E-state index contributed by atoms with van der Waals surface area (Å²) in [5.74, 6) is 1.83. The lowest BCUT2D eigenvalue weighted by Gasteiger charge is -2.18. The number of pyridine rings is 1. The second-order valence-corrected chi connectivity index (χ2v) is 4.08. The van der Waals surface area contributed by atoms with Gasteiger partial charge in [-0.05, 0) is 19.9 Å². The number of methoxy groups -OCH3 is 1. The minimum absolute atomic E-state index is 0.202. The van der Waals surface area contributed by atoms with Crippen molar-refractivity contribution in [2.24, 2.45) is 0 Å². The van der Waals surface area contributed by atoms with Crippen LogP contribution in [-0.4, -0.2) is 40.1 Å². The average Bonchev–Trinajstić information content (AvgIpc) is 2.48. The first kappa shape index (κ1) is 14.0. The maximum atomic E-state index is 5.77. The van der Waals surface area contributed by atoms with Gasteiger partial charge < -0.3 is 15.4 Å². The molecule has 2 N–H and O–H groups in total. The van der Waals surface area contributed by atoms with Crippen LogP contribution in [0, 0.1) is 0 Å². The van der Waals surface area contributed by atoms with Crippen LogP contribution in [0.25, 0.3) is 11.4 Å². The zero-order valence-corrected chi connectivity index (χ0v) is 11.9. The van der Waals surface area contributed by atoms with Crippen LogP contribution in [0.5, 0.6) is 5.88 Å². The number of ether oxygens (including phenoxy) is 1. The highest BCUT2D eigenvalue weighted by atomic mass is 16.5. The van der Waals surface area contributed by atoms with Gasteiger partial charge in [-0.2, -0.15) is 15.0 Å². The quantitative estimate of drug-likeness (QED) is 0.880. The number of nitrogen functional groups attached to an aromatic ring is 1. The van der Waals surface area contributed by atoms with Crippen molar-refractivity contribution < 1.29 is 4.74 Å². The monoisotopic (exact) mass is 274 g/mol. The van der Waals surface area contributed by atoms with Crippen LogP contribution in [0.15, 0.2) is 18.3 Å². The van der Waals surface area contributed by atoms with Crippen LogP contribution < -0.4 is 15.4 Å². The van der Waals surface area contributed by atoms with Crippen LogP contribution in [-0.2, 0) is 0 Å². The maximum absolute atomic E-state index is 5.77. The summed E-state index contributed by atoms with van der Waals surface area (Å²) in [5, 5.41) is 0. The van der Waals surface area contributed by atoms with E-state index in [1.807, 2.05) is 24.8 Å². The van der Waals surface area contributed by atoms with Gasteiger partial charge in [0, 0.05) is 30.9 Å². The molecule has 0 unspecified atom stereocenters. The average molecular weight is 274 g/mol. The molecule has 0 saturated heterocycles. The molecule has 0 spiro atoms. The fourth-order valence-corrected chi connectivity index (χ4v) is 1.79. The Bertz CT molecular complexity index is 568. The number of hydrogen-bond acceptors (Lipinski definition) is 7. The standard InChI is InChI=1S/C13H18N6O/c1-4-19(5-2)13-17-11(16-12(14)18-13)9-6-7-10(20-3)15-8-9/h6-8H,4-5H2,1-3H3,(H2,14,16,17,18). The number of rotatable bonds is 5. The first-order valence-electron chi connectivity index (χ1n) is 6.44. The summed E-state index contributed by atoms with van der Waals surface area (Å²) in [6.45, 7) is 5.69. The molecule has 20 heavy (non-hydrogen) atoms. The maximum Gasteiger partial charge on any atom is 0.230 e. The van der Waals surface area contributed by atoms with E-state index in [1.165, 1.54) is 0 Å². The number of hydrogen-bond donors (Lipinski definition) is 1. The molecule has 0 radical (unpaired) electrons. The Balaban J connectivity index is 2.40. The summed E-state index contributed by atoms with van der Waals surface area (Å²) >= 11 is 0. The first-order valence-corrected chi connectivity index (χ1v) is 6.44. The van der Waals surface area contributed by atoms with Crippen LogP contribution >= 0.6 is 0 Å². The molecule has 106 valence electrons. The molecule has 0 aromatic carbocycles. The Hall–Kier alpha value is -2.44. The van der Waals surface area contributed by atoms with E-state index in [9.17, 15) is 0 Å². The normalized spacial score (nSPS) is 10.3. The third-order valence-corrected chi connectivity index (χ3v) is 2.89. The van der Waals surface area contributed by atoms with Gasteiger partial charge in [0.25, 0.3) is 0 Å². The molecule has 0 aliphatic rings. The minimum atomic E-state index is 0.202. The van der Waals surface area contributed by atoms with Gasteiger partial charge in [0.2, 0.25) is 17.8 Å². The molecule has 2 aromatic heterocycles. The van der Waals surface area contributed by atoms with Gasteiger partial charge in [0.15, 0.2) is 5.82 Å². The van der Waals surface area contributed by atoms with Crippen molar-refractivity contribution in [3.8, 4) is 17.3 Å². The van der Waals surface area contributed by atoms with Gasteiger partial charge in [-0.25, -0.2) is 4.98 Å². The zero-order valence-electron chi connectivity index (χ0n) is 11.9. The predicted molar refractivity (Wildman–Crippen MR) is 77.6 cm³/mol. The first-order chi connectivity index (χ1) is 9.67. The third-order valence-electron chi connectivity index (χ3n) is 2.89. The lowest BCUT2D eigenvalue weighted by molar-refractivity contribution is 0.398. The fourth-order valence-electron chi connectivity index (χ4n) is 1.79. The van der Waals surface area contributed by atoms with Crippen molar-refractivity contribution in [2.75, 3.05) is 30.8 Å². The van der Waals surface area contributed by atoms with Crippen LogP contribution in [0.2, 0.25) is 0 Å². The van der Waals surface area contributed by atoms with Crippen LogP contribution in [0.3, 0.4) is 0 Å². The van der Waals surface area contributed by atoms with Crippen LogP contribution in [0.4, 0.5) is 11.9 Å². The highest BCUT2D eigenvalue weighted by molar-refractivity contribution is 5.57. The molecule has 0 bridgehead atoms. The molecule has 2 heterocycles. The van der Waals surface area contributed by atoms with Gasteiger partial charge in [0.1, 0.15) is 0 Å². The molecular formula is C13H18N6O. The van der Waals surface area contributed by atoms with E-state index in [0.29, 0.717) is 17.7 Å². The minimum Gasteiger partial charge on any atom is -0.481 e. The Kier molecular flexibility index (Phi) is 4.29. The topological polar surface area (TPSA) is 90.1 Å². The smallest absolute Gasteiger partial charge is 0.230 e. The fraction of sp³-hybridized carbons (Fsp3) is 0.385. The molecule has 0 fully saturated rings. The Morgan fingerprint density at radius 1 is 1.15 bits per heavy atom. The Morgan fingerprint density at radius 2 is 1.90 bits per heavy atom. The van der Waals surface area contributed by atoms with E-state index in [2.05, 4.69) is 19.9 Å². The van der Waals surface area contributed by atoms with Crippen molar-refractivity contribution in [3.63, 3.8) is 0 Å². The number of nitrogens with two attached hydrogens (primary N) is 1. The summed E-state index contributed by atoms with van der Waals surface area (Å²) in [7, 11) is 1.57. The molecule has 0 aliphatic heterocycles. The van der Waals surface area contributed by atoms with E-state index in [1.54, 1.807) is 19.4 Å². The Morgan fingerprint density at radius 3 is 2.45 bits per heavy atom. The summed E-state index contributed by atoms with van der Waals surface area (Å²) in [6.07, 6.45) is 1.65. The molecule has 7 nitrogen and oxygen atoms in total. The van der Waals surface area contributed by atoms with Crippen molar-refractivity contribution in [1.82, 2.24) is 19.9 Å². The van der Waals surface area contributed by atoms with E-state index in [4.69, 9.17) is 10.5 Å². The zero-order chi connectivity index (χ0) is 14.5. The predicted octanol–water partition coefficient (Wildman–Crippen LogP) is 1.37. The van der Waals surface area contributed by atoms with Gasteiger partial charge in [-0.1, -0.05) is 0 Å². The van der Waals surface area contributed by atoms with Gasteiger partial charge >= 0.3 is 0 Å². The third kappa shape index (κ3) is 2.93. The second kappa shape index (κ2) is 6.14. The molecular weight excluding hydrogens is 256 g/mol. The van der Waals surface area contributed by atoms with Gasteiger partial charge in [0.05, 0.1) is 7.11 Å². The van der Waals surface area contributed by atoms with E-state index < -0.39 is 0 Å². The lowest BCUT2D eigenvalue weighted by atomic mass is 10.2. The van der Waals surface area contributed by atoms with Gasteiger partial charge in [-0.3, -0.25) is 0 Å². The van der Waals surface area contributed by atoms with Crippen molar-refractivity contribution >= 4 is 11.9 Å². The lowest BCUT2D eigenvalue weighted by Crippen LogP contribution is -2.25. The number of nitrogens with zero attached hydrogens (tertiary/aromatic N) is 5. The Labute approximate surface area is 117 Å². The molecule has 0 atom stereocenters. The van der Waals surface area contributed by atoms with E-state index >= 15 is 0 Å². The molecule has 0 saturated carbocycles. The molecule has 0 amide bonds. The van der Waals surface area contributed by atoms with Gasteiger partial charge in [-0.15, -0.1) is 0 Å². The highest BCUT2D eigenvalue weighted by Crippen LogP contribution is 2.19. The summed E-state index contributed by atoms with van der Waals surface area (Å²) in [4.78, 5) is 18.9. The summed E-state index contributed by atoms with van der Waals surface area (Å²) in [5.41, 5.74) is 6.54. The van der Waals surface area contributed by atoms with E-state index in [-0.39, 0.29) is 5.95 Å². The molecule has 2 rings (SSSR count). The van der Waals surface area contributed by atoms with Crippen molar-refractivity contribution in [1.29, 1.82) is 0 Å². The van der Waals surface area contributed by atoms with Crippen LogP contribution in [0.1, 0.15) is 13.8 Å². The summed E-state index contributed by atoms with van der Waals surface area (Å²) in [6, 6.07) is 3.60. The highest BCUT2D eigenvalue weighted by Gasteiger charge is 2.11. The van der Waals surface area contributed by atoms with E-state index in [0.717, 1.165) is 18.7 Å². The number of anilines is 2. The SMILES string of the molecule is CCN(CC)c1nc(N)nc(-c2ccc(OC)nc2)n1. The molecule has 0 aliphatic carbocycles. The second-order valence-electron chi connectivity index (χ2n) is 4.08. The van der Waals surface area contributed by atoms with Crippen molar-refractivity contribution in [3.05, 3.63) is 18.3 Å².